The van der Waals surface area contributed by atoms with Crippen LogP contribution in [0.4, 0.5) is 5.69 Å². The summed E-state index contributed by atoms with van der Waals surface area (Å²) in [5.74, 6) is 0. The lowest BCUT2D eigenvalue weighted by molar-refractivity contribution is 0.414. The average Bonchev–Trinajstić information content (AvgIpc) is 2.29. The van der Waals surface area contributed by atoms with Crippen LogP contribution in [0.3, 0.4) is 0 Å². The molecule has 0 unspecified atom stereocenters. The van der Waals surface area contributed by atoms with Gasteiger partial charge in [-0.2, -0.15) is 0 Å². The van der Waals surface area contributed by atoms with E-state index in [9.17, 15) is 8.42 Å². The summed E-state index contributed by atoms with van der Waals surface area (Å²) >= 11 is 0. The number of likely N-dealkylation sites (N-methyl/N-ethyl adjacent to an activating group) is 2. The van der Waals surface area contributed by atoms with Crippen LogP contribution >= 0.6 is 0 Å². The molecule has 0 atom stereocenters. The van der Waals surface area contributed by atoms with Gasteiger partial charge in [-0.05, 0) is 39.2 Å². The van der Waals surface area contributed by atoms with Crippen LogP contribution in [-0.4, -0.2) is 53.3 Å². The van der Waals surface area contributed by atoms with Crippen molar-refractivity contribution < 1.29 is 8.42 Å². The predicted octanol–water partition coefficient (Wildman–Crippen LogP) is 1.48. The summed E-state index contributed by atoms with van der Waals surface area (Å²) in [6.45, 7) is 4.76. The van der Waals surface area contributed by atoms with Crippen LogP contribution in [0.2, 0.25) is 0 Å². The number of hydrogen-bond acceptors (Lipinski definition) is 4. The fourth-order valence-corrected chi connectivity index (χ4v) is 2.36. The Labute approximate surface area is 110 Å². The van der Waals surface area contributed by atoms with Crippen LogP contribution in [-0.2, 0) is 9.84 Å². The number of anilines is 1. The van der Waals surface area contributed by atoms with Crippen molar-refractivity contribution >= 4 is 15.5 Å². The average molecular weight is 270 g/mol. The second kappa shape index (κ2) is 6.20. The van der Waals surface area contributed by atoms with Crippen molar-refractivity contribution in [1.82, 2.24) is 4.90 Å². The summed E-state index contributed by atoms with van der Waals surface area (Å²) in [6.07, 6.45) is 1.24. The normalized spacial score (nSPS) is 11.8. The van der Waals surface area contributed by atoms with Crippen LogP contribution in [0.5, 0.6) is 0 Å². The highest BCUT2D eigenvalue weighted by Gasteiger charge is 2.10. The van der Waals surface area contributed by atoms with Gasteiger partial charge in [-0.3, -0.25) is 0 Å². The molecule has 0 fully saturated rings. The lowest BCUT2D eigenvalue weighted by Crippen LogP contribution is -2.31. The van der Waals surface area contributed by atoms with Gasteiger partial charge >= 0.3 is 0 Å². The third-order valence-electron chi connectivity index (χ3n) is 2.81. The maximum Gasteiger partial charge on any atom is 0.175 e. The minimum absolute atomic E-state index is 0.378. The standard InChI is InChI=1S/C13H22N2O2S/c1-5-15(10-9-14(2)3)12-7-6-8-13(11-12)18(4,16)17/h6-8,11H,5,9-10H2,1-4H3. The van der Waals surface area contributed by atoms with Gasteiger partial charge in [0, 0.05) is 31.6 Å². The smallest absolute Gasteiger partial charge is 0.175 e. The molecule has 0 aromatic heterocycles. The van der Waals surface area contributed by atoms with Crippen LogP contribution in [0, 0.1) is 0 Å². The quantitative estimate of drug-likeness (QED) is 0.785. The lowest BCUT2D eigenvalue weighted by Gasteiger charge is -2.25. The molecule has 0 radical (unpaired) electrons. The summed E-state index contributed by atoms with van der Waals surface area (Å²) in [5, 5.41) is 0. The van der Waals surface area contributed by atoms with Gasteiger partial charge in [-0.25, -0.2) is 8.42 Å². The summed E-state index contributed by atoms with van der Waals surface area (Å²) in [6, 6.07) is 7.13. The first-order chi connectivity index (χ1) is 8.34. The van der Waals surface area contributed by atoms with Crippen molar-refractivity contribution in [3.63, 3.8) is 0 Å². The van der Waals surface area contributed by atoms with Crippen molar-refractivity contribution in [2.45, 2.75) is 11.8 Å². The molecule has 0 heterocycles. The van der Waals surface area contributed by atoms with Gasteiger partial charge in [0.25, 0.3) is 0 Å². The zero-order valence-corrected chi connectivity index (χ0v) is 12.4. The largest absolute Gasteiger partial charge is 0.370 e. The molecule has 0 spiro atoms. The Bertz CT molecular complexity index is 484. The van der Waals surface area contributed by atoms with E-state index in [0.29, 0.717) is 4.90 Å². The molecule has 0 N–H and O–H groups in total. The molecule has 0 saturated heterocycles. The minimum Gasteiger partial charge on any atom is -0.370 e. The Morgan fingerprint density at radius 2 is 1.83 bits per heavy atom. The highest BCUT2D eigenvalue weighted by molar-refractivity contribution is 7.90. The summed E-state index contributed by atoms with van der Waals surface area (Å²) in [7, 11) is 0.922. The first-order valence-corrected chi connectivity index (χ1v) is 7.93. The van der Waals surface area contributed by atoms with E-state index in [1.54, 1.807) is 18.2 Å². The highest BCUT2D eigenvalue weighted by Crippen LogP contribution is 2.19. The molecule has 1 rings (SSSR count). The molecule has 4 nitrogen and oxygen atoms in total. The van der Waals surface area contributed by atoms with Crippen molar-refractivity contribution in [3.05, 3.63) is 24.3 Å². The Morgan fingerprint density at radius 1 is 1.17 bits per heavy atom. The Balaban J connectivity index is 2.93. The second-order valence-electron chi connectivity index (χ2n) is 4.65. The van der Waals surface area contributed by atoms with E-state index in [2.05, 4.69) is 16.7 Å². The minimum atomic E-state index is -3.14. The molecule has 18 heavy (non-hydrogen) atoms. The number of nitrogens with zero attached hydrogens (tertiary/aromatic N) is 2. The van der Waals surface area contributed by atoms with Gasteiger partial charge in [-0.1, -0.05) is 6.07 Å². The molecule has 1 aromatic carbocycles. The topological polar surface area (TPSA) is 40.6 Å². The van der Waals surface area contributed by atoms with Crippen molar-refractivity contribution in [2.24, 2.45) is 0 Å². The highest BCUT2D eigenvalue weighted by atomic mass is 32.2. The molecular weight excluding hydrogens is 248 g/mol. The molecule has 0 aliphatic rings. The number of benzene rings is 1. The van der Waals surface area contributed by atoms with E-state index in [0.717, 1.165) is 25.3 Å². The van der Waals surface area contributed by atoms with Crippen LogP contribution in [0.1, 0.15) is 6.92 Å². The summed E-state index contributed by atoms with van der Waals surface area (Å²) < 4.78 is 23.1. The van der Waals surface area contributed by atoms with Gasteiger partial charge in [0.05, 0.1) is 4.90 Å². The molecule has 0 bridgehead atoms. The zero-order valence-electron chi connectivity index (χ0n) is 11.5. The zero-order chi connectivity index (χ0) is 13.8. The van der Waals surface area contributed by atoms with Crippen molar-refractivity contribution in [2.75, 3.05) is 44.9 Å². The maximum atomic E-state index is 11.5. The molecule has 102 valence electrons. The van der Waals surface area contributed by atoms with Crippen LogP contribution in [0.15, 0.2) is 29.2 Å². The van der Waals surface area contributed by atoms with E-state index in [4.69, 9.17) is 0 Å². The Kier molecular flexibility index (Phi) is 5.16. The lowest BCUT2D eigenvalue weighted by atomic mass is 10.3. The fraction of sp³-hybridized carbons (Fsp3) is 0.538. The fourth-order valence-electron chi connectivity index (χ4n) is 1.70. The Hall–Kier alpha value is -1.07. The third kappa shape index (κ3) is 4.31. The van der Waals surface area contributed by atoms with Gasteiger partial charge in [0.1, 0.15) is 0 Å². The van der Waals surface area contributed by atoms with Gasteiger partial charge in [0.15, 0.2) is 9.84 Å². The molecular formula is C13H22N2O2S. The van der Waals surface area contributed by atoms with Gasteiger partial charge in [-0.15, -0.1) is 0 Å². The molecule has 1 aromatic rings. The first kappa shape index (κ1) is 15.0. The SMILES string of the molecule is CCN(CCN(C)C)c1cccc(S(C)(=O)=O)c1. The van der Waals surface area contributed by atoms with E-state index in [-0.39, 0.29) is 0 Å². The predicted molar refractivity (Wildman–Crippen MR) is 76.0 cm³/mol. The van der Waals surface area contributed by atoms with Gasteiger partial charge < -0.3 is 9.80 Å². The summed E-state index contributed by atoms with van der Waals surface area (Å²) in [5.41, 5.74) is 0.960. The van der Waals surface area contributed by atoms with E-state index in [1.165, 1.54) is 6.26 Å². The van der Waals surface area contributed by atoms with E-state index in [1.807, 2.05) is 20.2 Å². The number of sulfone groups is 1. The number of hydrogen-bond donors (Lipinski definition) is 0. The Morgan fingerprint density at radius 3 is 2.33 bits per heavy atom. The van der Waals surface area contributed by atoms with Crippen LogP contribution < -0.4 is 4.90 Å². The van der Waals surface area contributed by atoms with Crippen LogP contribution in [0.25, 0.3) is 0 Å². The van der Waals surface area contributed by atoms with Gasteiger partial charge in [0.2, 0.25) is 0 Å². The first-order valence-electron chi connectivity index (χ1n) is 6.04. The molecule has 0 aliphatic heterocycles. The monoisotopic (exact) mass is 270 g/mol. The molecule has 0 saturated carbocycles. The summed E-state index contributed by atoms with van der Waals surface area (Å²) in [4.78, 5) is 4.67. The maximum absolute atomic E-state index is 11.5. The second-order valence-corrected chi connectivity index (χ2v) is 6.67. The van der Waals surface area contributed by atoms with Crippen molar-refractivity contribution in [3.8, 4) is 0 Å². The number of rotatable bonds is 6. The van der Waals surface area contributed by atoms with E-state index < -0.39 is 9.84 Å². The third-order valence-corrected chi connectivity index (χ3v) is 3.92. The molecule has 5 heteroatoms. The molecule has 0 amide bonds. The van der Waals surface area contributed by atoms with E-state index >= 15 is 0 Å². The van der Waals surface area contributed by atoms with Crippen molar-refractivity contribution in [1.29, 1.82) is 0 Å². The molecule has 0 aliphatic carbocycles.